The minimum Gasteiger partial charge on any atom is -0.389 e. The fourth-order valence-electron chi connectivity index (χ4n) is 2.12. The first-order valence-corrected chi connectivity index (χ1v) is 6.83. The maximum Gasteiger partial charge on any atom is 0.222 e. The van der Waals surface area contributed by atoms with Crippen LogP contribution in [0.3, 0.4) is 0 Å². The Morgan fingerprint density at radius 1 is 1.53 bits per heavy atom. The van der Waals surface area contributed by atoms with Gasteiger partial charge >= 0.3 is 0 Å². The number of rotatable bonds is 5. The molecule has 0 spiro atoms. The van der Waals surface area contributed by atoms with Crippen LogP contribution in [0, 0.1) is 0 Å². The van der Waals surface area contributed by atoms with Crippen molar-refractivity contribution in [3.8, 4) is 0 Å². The molecule has 0 saturated carbocycles. The Morgan fingerprint density at radius 3 is 3.05 bits per heavy atom. The molecule has 3 N–H and O–H groups in total. The third-order valence-corrected chi connectivity index (χ3v) is 3.37. The number of nitrogens with one attached hydrogen (secondary N) is 1. The van der Waals surface area contributed by atoms with E-state index >= 15 is 0 Å². The second kappa shape index (κ2) is 6.63. The van der Waals surface area contributed by atoms with Crippen LogP contribution in [-0.2, 0) is 16.1 Å². The van der Waals surface area contributed by atoms with Gasteiger partial charge in [-0.3, -0.25) is 4.79 Å². The standard InChI is InChI=1S/C14H18N2O2S/c15-14(19)11-4-1-3-10(7-11)9-16-13(17)8-12-5-2-6-18-12/h1,3-4,7,12H,2,5-6,8-9H2,(H2,15,19)(H,16,17). The molecule has 1 aliphatic heterocycles. The van der Waals surface area contributed by atoms with Crippen LogP contribution in [0.1, 0.15) is 30.4 Å². The van der Waals surface area contributed by atoms with Gasteiger partial charge in [0.2, 0.25) is 5.91 Å². The molecular weight excluding hydrogens is 260 g/mol. The molecule has 1 aliphatic rings. The van der Waals surface area contributed by atoms with Crippen LogP contribution in [0.4, 0.5) is 0 Å². The highest BCUT2D eigenvalue weighted by molar-refractivity contribution is 7.80. The van der Waals surface area contributed by atoms with Crippen LogP contribution < -0.4 is 11.1 Å². The van der Waals surface area contributed by atoms with Crippen molar-refractivity contribution in [3.05, 3.63) is 35.4 Å². The number of thiocarbonyl (C=S) groups is 1. The third kappa shape index (κ3) is 4.29. The number of nitrogens with two attached hydrogens (primary N) is 1. The Kier molecular flexibility index (Phi) is 4.87. The normalized spacial score (nSPS) is 18.2. The molecule has 2 rings (SSSR count). The van der Waals surface area contributed by atoms with E-state index in [9.17, 15) is 4.79 Å². The molecule has 1 amide bonds. The van der Waals surface area contributed by atoms with Gasteiger partial charge in [0.15, 0.2) is 0 Å². The highest BCUT2D eigenvalue weighted by Gasteiger charge is 2.18. The largest absolute Gasteiger partial charge is 0.389 e. The zero-order valence-electron chi connectivity index (χ0n) is 10.7. The minimum absolute atomic E-state index is 0.0210. The summed E-state index contributed by atoms with van der Waals surface area (Å²) in [7, 11) is 0. The van der Waals surface area contributed by atoms with Crippen LogP contribution in [0.25, 0.3) is 0 Å². The summed E-state index contributed by atoms with van der Waals surface area (Å²) in [4.78, 5) is 12.1. The van der Waals surface area contributed by atoms with Gasteiger partial charge in [0, 0.05) is 18.7 Å². The SMILES string of the molecule is NC(=S)c1cccc(CNC(=O)CC2CCCO2)c1. The van der Waals surface area contributed by atoms with E-state index in [0.717, 1.165) is 30.6 Å². The summed E-state index contributed by atoms with van der Waals surface area (Å²) < 4.78 is 5.43. The first-order chi connectivity index (χ1) is 9.15. The van der Waals surface area contributed by atoms with E-state index in [1.165, 1.54) is 0 Å². The zero-order valence-corrected chi connectivity index (χ0v) is 11.5. The zero-order chi connectivity index (χ0) is 13.7. The summed E-state index contributed by atoms with van der Waals surface area (Å²) in [5, 5.41) is 2.89. The van der Waals surface area contributed by atoms with Crippen LogP contribution in [0.5, 0.6) is 0 Å². The quantitative estimate of drug-likeness (QED) is 0.801. The Bertz CT molecular complexity index is 470. The van der Waals surface area contributed by atoms with Gasteiger partial charge in [0.05, 0.1) is 12.5 Å². The van der Waals surface area contributed by atoms with Crippen molar-refractivity contribution in [3.63, 3.8) is 0 Å². The summed E-state index contributed by atoms with van der Waals surface area (Å²) in [6.07, 6.45) is 2.55. The van der Waals surface area contributed by atoms with Gasteiger partial charge in [0.25, 0.3) is 0 Å². The molecule has 1 aromatic rings. The van der Waals surface area contributed by atoms with Gasteiger partial charge in [-0.1, -0.05) is 30.4 Å². The second-order valence-electron chi connectivity index (χ2n) is 4.68. The van der Waals surface area contributed by atoms with Crippen molar-refractivity contribution in [2.24, 2.45) is 5.73 Å². The van der Waals surface area contributed by atoms with Gasteiger partial charge in [-0.15, -0.1) is 0 Å². The van der Waals surface area contributed by atoms with Crippen LogP contribution in [-0.4, -0.2) is 23.6 Å². The van der Waals surface area contributed by atoms with E-state index < -0.39 is 0 Å². The molecule has 1 heterocycles. The lowest BCUT2D eigenvalue weighted by molar-refractivity contribution is -0.123. The minimum atomic E-state index is 0.0210. The molecule has 0 radical (unpaired) electrons. The molecule has 1 atom stereocenters. The fraction of sp³-hybridized carbons (Fsp3) is 0.429. The number of carbonyl (C=O) groups excluding carboxylic acids is 1. The lowest BCUT2D eigenvalue weighted by Gasteiger charge is -2.10. The van der Waals surface area contributed by atoms with Crippen LogP contribution in [0.15, 0.2) is 24.3 Å². The predicted molar refractivity (Wildman–Crippen MR) is 77.8 cm³/mol. The molecule has 102 valence electrons. The Balaban J connectivity index is 1.82. The average Bonchev–Trinajstić information content (AvgIpc) is 2.89. The van der Waals surface area contributed by atoms with Crippen LogP contribution in [0.2, 0.25) is 0 Å². The van der Waals surface area contributed by atoms with Crippen molar-refractivity contribution in [2.75, 3.05) is 6.61 Å². The van der Waals surface area contributed by atoms with E-state index in [4.69, 9.17) is 22.7 Å². The highest BCUT2D eigenvalue weighted by atomic mass is 32.1. The van der Waals surface area contributed by atoms with Crippen molar-refractivity contribution in [1.29, 1.82) is 0 Å². The van der Waals surface area contributed by atoms with E-state index in [-0.39, 0.29) is 12.0 Å². The van der Waals surface area contributed by atoms with Crippen molar-refractivity contribution < 1.29 is 9.53 Å². The Morgan fingerprint density at radius 2 is 2.37 bits per heavy atom. The Hall–Kier alpha value is -1.46. The monoisotopic (exact) mass is 278 g/mol. The number of hydrogen-bond donors (Lipinski definition) is 2. The van der Waals surface area contributed by atoms with Crippen molar-refractivity contribution in [1.82, 2.24) is 5.32 Å². The molecule has 19 heavy (non-hydrogen) atoms. The number of ether oxygens (including phenoxy) is 1. The Labute approximate surface area is 118 Å². The molecule has 1 unspecified atom stereocenters. The molecule has 0 aliphatic carbocycles. The van der Waals surface area contributed by atoms with Gasteiger partial charge in [-0.25, -0.2) is 0 Å². The van der Waals surface area contributed by atoms with Crippen LogP contribution >= 0.6 is 12.2 Å². The third-order valence-electron chi connectivity index (χ3n) is 3.14. The summed E-state index contributed by atoms with van der Waals surface area (Å²) >= 11 is 4.93. The molecule has 0 aromatic heterocycles. The smallest absolute Gasteiger partial charge is 0.222 e. The van der Waals surface area contributed by atoms with E-state index in [1.54, 1.807) is 0 Å². The first kappa shape index (κ1) is 14.0. The summed E-state index contributed by atoms with van der Waals surface area (Å²) in [6, 6.07) is 7.58. The molecule has 1 aromatic carbocycles. The lowest BCUT2D eigenvalue weighted by Crippen LogP contribution is -2.26. The maximum atomic E-state index is 11.7. The van der Waals surface area contributed by atoms with Gasteiger partial charge in [0.1, 0.15) is 4.99 Å². The molecule has 5 heteroatoms. The van der Waals surface area contributed by atoms with Crippen molar-refractivity contribution >= 4 is 23.1 Å². The summed E-state index contributed by atoms with van der Waals surface area (Å²) in [5.41, 5.74) is 7.39. The van der Waals surface area contributed by atoms with Gasteiger partial charge in [-0.2, -0.15) is 0 Å². The summed E-state index contributed by atoms with van der Waals surface area (Å²) in [5.74, 6) is 0.0210. The second-order valence-corrected chi connectivity index (χ2v) is 5.12. The average molecular weight is 278 g/mol. The summed E-state index contributed by atoms with van der Waals surface area (Å²) in [6.45, 7) is 1.26. The van der Waals surface area contributed by atoms with E-state index in [0.29, 0.717) is 18.0 Å². The maximum absolute atomic E-state index is 11.7. The van der Waals surface area contributed by atoms with E-state index in [1.807, 2.05) is 24.3 Å². The number of amides is 1. The molecule has 1 saturated heterocycles. The van der Waals surface area contributed by atoms with Crippen molar-refractivity contribution in [2.45, 2.75) is 31.9 Å². The van der Waals surface area contributed by atoms with E-state index in [2.05, 4.69) is 5.32 Å². The molecule has 1 fully saturated rings. The molecular formula is C14H18N2O2S. The van der Waals surface area contributed by atoms with Gasteiger partial charge < -0.3 is 15.8 Å². The number of carbonyl (C=O) groups is 1. The lowest BCUT2D eigenvalue weighted by atomic mass is 10.1. The topological polar surface area (TPSA) is 64.3 Å². The molecule has 4 nitrogen and oxygen atoms in total. The highest BCUT2D eigenvalue weighted by Crippen LogP contribution is 2.15. The molecule has 0 bridgehead atoms. The number of hydrogen-bond acceptors (Lipinski definition) is 3. The fourth-order valence-corrected chi connectivity index (χ4v) is 2.25. The van der Waals surface area contributed by atoms with Gasteiger partial charge in [-0.05, 0) is 24.5 Å². The first-order valence-electron chi connectivity index (χ1n) is 6.42. The number of benzene rings is 1. The predicted octanol–water partition coefficient (Wildman–Crippen LogP) is 1.51.